The van der Waals surface area contributed by atoms with Crippen LogP contribution in [-0.4, -0.2) is 29.9 Å². The van der Waals surface area contributed by atoms with E-state index in [2.05, 4.69) is 11.4 Å². The Morgan fingerprint density at radius 1 is 1.39 bits per heavy atom. The molecule has 4 heteroatoms. The number of hydrogen-bond acceptors (Lipinski definition) is 3. The van der Waals surface area contributed by atoms with Crippen molar-refractivity contribution in [1.29, 1.82) is 0 Å². The minimum absolute atomic E-state index is 0.109. The maximum Gasteiger partial charge on any atom is 0.253 e. The van der Waals surface area contributed by atoms with Crippen molar-refractivity contribution in [2.75, 3.05) is 13.1 Å². The Bertz CT molecular complexity index is 578. The van der Waals surface area contributed by atoms with Gasteiger partial charge in [-0.05, 0) is 47.9 Å². The van der Waals surface area contributed by atoms with Gasteiger partial charge in [0.05, 0.1) is 0 Å². The predicted molar refractivity (Wildman–Crippen MR) is 74.9 cm³/mol. The molecular formula is C14H16N2OS. The van der Waals surface area contributed by atoms with E-state index in [1.807, 2.05) is 23.1 Å². The number of rotatable bonds is 1. The predicted octanol–water partition coefficient (Wildman–Crippen LogP) is 2.46. The SMILES string of the molecule is N[C@H]1CCCN(C(=O)c2ccc3sccc3c2)C1. The highest BCUT2D eigenvalue weighted by Gasteiger charge is 2.22. The number of hydrogen-bond donors (Lipinski definition) is 1. The summed E-state index contributed by atoms with van der Waals surface area (Å²) >= 11 is 1.70. The number of likely N-dealkylation sites (tertiary alicyclic amines) is 1. The van der Waals surface area contributed by atoms with E-state index in [0.717, 1.165) is 30.3 Å². The van der Waals surface area contributed by atoms with Crippen LogP contribution in [0.15, 0.2) is 29.6 Å². The molecule has 0 aliphatic carbocycles. The molecule has 94 valence electrons. The van der Waals surface area contributed by atoms with Crippen molar-refractivity contribution in [2.24, 2.45) is 5.73 Å². The number of nitrogens with two attached hydrogens (primary N) is 1. The fourth-order valence-corrected chi connectivity index (χ4v) is 3.25. The molecule has 1 aliphatic rings. The summed E-state index contributed by atoms with van der Waals surface area (Å²) in [5.74, 6) is 0.109. The van der Waals surface area contributed by atoms with Crippen LogP contribution in [-0.2, 0) is 0 Å². The maximum absolute atomic E-state index is 12.4. The van der Waals surface area contributed by atoms with Gasteiger partial charge in [0.1, 0.15) is 0 Å². The molecule has 0 spiro atoms. The zero-order chi connectivity index (χ0) is 12.5. The second-order valence-corrected chi connectivity index (χ2v) is 5.77. The quantitative estimate of drug-likeness (QED) is 0.856. The Hall–Kier alpha value is -1.39. The molecule has 2 heterocycles. The molecule has 2 N–H and O–H groups in total. The number of fused-ring (bicyclic) bond motifs is 1. The monoisotopic (exact) mass is 260 g/mol. The zero-order valence-electron chi connectivity index (χ0n) is 10.1. The normalized spacial score (nSPS) is 20.3. The average molecular weight is 260 g/mol. The topological polar surface area (TPSA) is 46.3 Å². The number of carbonyl (C=O) groups excluding carboxylic acids is 1. The summed E-state index contributed by atoms with van der Waals surface area (Å²) in [7, 11) is 0. The largest absolute Gasteiger partial charge is 0.337 e. The summed E-state index contributed by atoms with van der Waals surface area (Å²) in [6.45, 7) is 1.51. The molecule has 18 heavy (non-hydrogen) atoms. The second-order valence-electron chi connectivity index (χ2n) is 4.83. The molecule has 1 aromatic heterocycles. The summed E-state index contributed by atoms with van der Waals surface area (Å²) in [6, 6.07) is 8.11. The number of thiophene rings is 1. The third-order valence-corrected chi connectivity index (χ3v) is 4.34. The zero-order valence-corrected chi connectivity index (χ0v) is 11.0. The summed E-state index contributed by atoms with van der Waals surface area (Å²) < 4.78 is 1.22. The molecule has 2 aromatic rings. The van der Waals surface area contributed by atoms with E-state index in [1.165, 1.54) is 4.70 Å². The van der Waals surface area contributed by atoms with Crippen molar-refractivity contribution in [3.63, 3.8) is 0 Å². The highest BCUT2D eigenvalue weighted by atomic mass is 32.1. The molecule has 1 saturated heterocycles. The lowest BCUT2D eigenvalue weighted by molar-refractivity contribution is 0.0709. The van der Waals surface area contributed by atoms with Crippen LogP contribution in [0.4, 0.5) is 0 Å². The summed E-state index contributed by atoms with van der Waals surface area (Å²) in [4.78, 5) is 14.3. The third kappa shape index (κ3) is 2.13. The number of carbonyl (C=O) groups is 1. The van der Waals surface area contributed by atoms with Crippen molar-refractivity contribution in [3.8, 4) is 0 Å². The number of amides is 1. The van der Waals surface area contributed by atoms with Crippen LogP contribution in [0.1, 0.15) is 23.2 Å². The van der Waals surface area contributed by atoms with Crippen LogP contribution in [0.2, 0.25) is 0 Å². The number of benzene rings is 1. The van der Waals surface area contributed by atoms with E-state index < -0.39 is 0 Å². The van der Waals surface area contributed by atoms with Gasteiger partial charge in [0.25, 0.3) is 5.91 Å². The molecule has 1 aliphatic heterocycles. The van der Waals surface area contributed by atoms with Gasteiger partial charge in [-0.2, -0.15) is 0 Å². The van der Waals surface area contributed by atoms with E-state index in [1.54, 1.807) is 11.3 Å². The first kappa shape index (κ1) is 11.7. The number of nitrogens with zero attached hydrogens (tertiary/aromatic N) is 1. The molecule has 0 bridgehead atoms. The standard InChI is InChI=1S/C14H16N2OS/c15-12-2-1-6-16(9-12)14(17)11-3-4-13-10(8-11)5-7-18-13/h3-5,7-8,12H,1-2,6,9,15H2/t12-/m0/s1. The molecule has 0 unspecified atom stereocenters. The molecule has 3 nitrogen and oxygen atoms in total. The van der Waals surface area contributed by atoms with Crippen LogP contribution in [0, 0.1) is 0 Å². The summed E-state index contributed by atoms with van der Waals surface area (Å²) in [5.41, 5.74) is 6.70. The molecular weight excluding hydrogens is 244 g/mol. The van der Waals surface area contributed by atoms with Crippen LogP contribution in [0.3, 0.4) is 0 Å². The molecule has 1 aromatic carbocycles. The Kier molecular flexibility index (Phi) is 3.06. The smallest absolute Gasteiger partial charge is 0.253 e. The van der Waals surface area contributed by atoms with E-state index in [9.17, 15) is 4.79 Å². The Labute approximate surface area is 110 Å². The van der Waals surface area contributed by atoms with Crippen molar-refractivity contribution >= 4 is 27.3 Å². The highest BCUT2D eigenvalue weighted by Crippen LogP contribution is 2.23. The first-order valence-corrected chi connectivity index (χ1v) is 7.14. The van der Waals surface area contributed by atoms with Gasteiger partial charge in [-0.1, -0.05) is 0 Å². The second kappa shape index (κ2) is 4.71. The van der Waals surface area contributed by atoms with Crippen molar-refractivity contribution < 1.29 is 4.79 Å². The van der Waals surface area contributed by atoms with Gasteiger partial charge in [-0.15, -0.1) is 11.3 Å². The van der Waals surface area contributed by atoms with Gasteiger partial charge in [0, 0.05) is 29.4 Å². The van der Waals surface area contributed by atoms with Gasteiger partial charge < -0.3 is 10.6 Å². The lowest BCUT2D eigenvalue weighted by atomic mass is 10.0. The molecule has 0 saturated carbocycles. The van der Waals surface area contributed by atoms with E-state index in [0.29, 0.717) is 6.54 Å². The number of piperidine rings is 1. The van der Waals surface area contributed by atoms with Gasteiger partial charge in [-0.25, -0.2) is 0 Å². The Morgan fingerprint density at radius 3 is 3.11 bits per heavy atom. The van der Waals surface area contributed by atoms with Crippen molar-refractivity contribution in [3.05, 3.63) is 35.2 Å². The average Bonchev–Trinajstić information content (AvgIpc) is 2.85. The summed E-state index contributed by atoms with van der Waals surface area (Å²) in [6.07, 6.45) is 2.03. The minimum Gasteiger partial charge on any atom is -0.337 e. The fourth-order valence-electron chi connectivity index (χ4n) is 2.48. The molecule has 3 rings (SSSR count). The molecule has 1 amide bonds. The van der Waals surface area contributed by atoms with Crippen LogP contribution >= 0.6 is 11.3 Å². The van der Waals surface area contributed by atoms with E-state index in [-0.39, 0.29) is 11.9 Å². The Balaban J connectivity index is 1.86. The molecule has 1 fully saturated rings. The van der Waals surface area contributed by atoms with Crippen LogP contribution in [0.25, 0.3) is 10.1 Å². The lowest BCUT2D eigenvalue weighted by Crippen LogP contribution is -2.45. The molecule has 0 radical (unpaired) electrons. The third-order valence-electron chi connectivity index (χ3n) is 3.44. The highest BCUT2D eigenvalue weighted by molar-refractivity contribution is 7.17. The van der Waals surface area contributed by atoms with E-state index >= 15 is 0 Å². The molecule has 1 atom stereocenters. The van der Waals surface area contributed by atoms with Gasteiger partial charge >= 0.3 is 0 Å². The minimum atomic E-state index is 0.109. The fraction of sp³-hybridized carbons (Fsp3) is 0.357. The van der Waals surface area contributed by atoms with Gasteiger partial charge in [-0.3, -0.25) is 4.79 Å². The van der Waals surface area contributed by atoms with Gasteiger partial charge in [0.15, 0.2) is 0 Å². The summed E-state index contributed by atoms with van der Waals surface area (Å²) in [5, 5.41) is 3.20. The first-order chi connectivity index (χ1) is 8.74. The van der Waals surface area contributed by atoms with Crippen molar-refractivity contribution in [2.45, 2.75) is 18.9 Å². The first-order valence-electron chi connectivity index (χ1n) is 6.26. The Morgan fingerprint density at radius 2 is 2.28 bits per heavy atom. The lowest BCUT2D eigenvalue weighted by Gasteiger charge is -2.30. The van der Waals surface area contributed by atoms with Gasteiger partial charge in [0.2, 0.25) is 0 Å². The maximum atomic E-state index is 12.4. The van der Waals surface area contributed by atoms with Crippen LogP contribution < -0.4 is 5.73 Å². The van der Waals surface area contributed by atoms with Crippen molar-refractivity contribution in [1.82, 2.24) is 4.90 Å². The van der Waals surface area contributed by atoms with E-state index in [4.69, 9.17) is 5.73 Å². The van der Waals surface area contributed by atoms with Crippen LogP contribution in [0.5, 0.6) is 0 Å².